The Labute approximate surface area is 73.1 Å². The van der Waals surface area contributed by atoms with Crippen LogP contribution in [0.4, 0.5) is 0 Å². The molecule has 0 aliphatic heterocycles. The summed E-state index contributed by atoms with van der Waals surface area (Å²) in [6, 6.07) is 0. The van der Waals surface area contributed by atoms with Gasteiger partial charge < -0.3 is 4.90 Å². The van der Waals surface area contributed by atoms with E-state index in [1.807, 2.05) is 0 Å². The second-order valence-corrected chi connectivity index (χ2v) is 2.84. The Morgan fingerprint density at radius 3 is 2.82 bits per heavy atom. The zero-order valence-electron chi connectivity index (χ0n) is 10.3. The quantitative estimate of drug-likeness (QED) is 0.575. The molecule has 0 saturated carbocycles. The molecule has 11 heavy (non-hydrogen) atoms. The van der Waals surface area contributed by atoms with Gasteiger partial charge in [-0.15, -0.1) is 0 Å². The van der Waals surface area contributed by atoms with Crippen LogP contribution in [0.5, 0.6) is 0 Å². The zero-order valence-corrected chi connectivity index (χ0v) is 7.29. The van der Waals surface area contributed by atoms with E-state index in [1.165, 1.54) is 18.0 Å². The Hall–Kier alpha value is -0.630. The lowest BCUT2D eigenvalue weighted by Gasteiger charge is -2.03. The van der Waals surface area contributed by atoms with Crippen LogP contribution in [0.3, 0.4) is 0 Å². The van der Waals surface area contributed by atoms with Gasteiger partial charge in [-0.1, -0.05) is 19.9 Å². The van der Waals surface area contributed by atoms with E-state index in [-0.39, 0.29) is 18.2 Å². The highest BCUT2D eigenvalue weighted by Crippen LogP contribution is 1.94. The standard InChI is InChI=1S/C9H17NO/c1-8(2)9(11)6-5-7-10(3)4/h5-6,8H,7H2,1-4H3/b6-5+/i3D3. The van der Waals surface area contributed by atoms with Crippen molar-refractivity contribution in [3.63, 3.8) is 0 Å². The summed E-state index contributed by atoms with van der Waals surface area (Å²) in [5, 5.41) is 0. The number of carbonyl (C=O) groups is 1. The molecule has 0 spiro atoms. The summed E-state index contributed by atoms with van der Waals surface area (Å²) in [5.41, 5.74) is 0. The van der Waals surface area contributed by atoms with E-state index in [0.717, 1.165) is 0 Å². The van der Waals surface area contributed by atoms with Crippen molar-refractivity contribution in [2.75, 3.05) is 20.6 Å². The summed E-state index contributed by atoms with van der Waals surface area (Å²) < 4.78 is 21.1. The maximum Gasteiger partial charge on any atom is 0.157 e. The molecule has 0 rings (SSSR count). The SMILES string of the molecule is [2H]C([2H])([2H])N(C)C/C=C/C(=O)C(C)C. The summed E-state index contributed by atoms with van der Waals surface area (Å²) >= 11 is 0. The molecule has 0 amide bonds. The topological polar surface area (TPSA) is 20.3 Å². The maximum atomic E-state index is 11.1. The molecule has 0 aliphatic carbocycles. The third-order valence-electron chi connectivity index (χ3n) is 1.23. The van der Waals surface area contributed by atoms with Crippen molar-refractivity contribution in [1.29, 1.82) is 0 Å². The molecule has 2 nitrogen and oxygen atoms in total. The maximum absolute atomic E-state index is 11.1. The van der Waals surface area contributed by atoms with Gasteiger partial charge in [0.15, 0.2) is 5.78 Å². The third-order valence-corrected chi connectivity index (χ3v) is 1.23. The van der Waals surface area contributed by atoms with E-state index in [0.29, 0.717) is 0 Å². The van der Waals surface area contributed by atoms with Gasteiger partial charge in [-0.3, -0.25) is 4.79 Å². The summed E-state index contributed by atoms with van der Waals surface area (Å²) in [5.74, 6) is -0.0201. The molecule has 0 unspecified atom stereocenters. The van der Waals surface area contributed by atoms with Gasteiger partial charge in [0.1, 0.15) is 0 Å². The van der Waals surface area contributed by atoms with Crippen molar-refractivity contribution in [3.05, 3.63) is 12.2 Å². The van der Waals surface area contributed by atoms with Crippen molar-refractivity contribution >= 4 is 5.78 Å². The molecule has 0 atom stereocenters. The lowest BCUT2D eigenvalue weighted by Crippen LogP contribution is -2.11. The first-order chi connectivity index (χ1) is 6.25. The first-order valence-electron chi connectivity index (χ1n) is 5.16. The molecule has 0 fully saturated rings. The highest BCUT2D eigenvalue weighted by Gasteiger charge is 2.00. The van der Waals surface area contributed by atoms with Crippen LogP contribution >= 0.6 is 0 Å². The minimum atomic E-state index is -2.09. The predicted molar refractivity (Wildman–Crippen MR) is 47.5 cm³/mol. The molecule has 0 radical (unpaired) electrons. The molecule has 0 bridgehead atoms. The molecule has 0 heterocycles. The summed E-state index contributed by atoms with van der Waals surface area (Å²) in [6.07, 6.45) is 3.02. The fraction of sp³-hybridized carbons (Fsp3) is 0.667. The monoisotopic (exact) mass is 158 g/mol. The molecule has 0 aromatic heterocycles. The number of carbonyl (C=O) groups excluding carboxylic acids is 1. The van der Waals surface area contributed by atoms with E-state index in [9.17, 15) is 4.79 Å². The average molecular weight is 158 g/mol. The van der Waals surface area contributed by atoms with Crippen molar-refractivity contribution in [2.24, 2.45) is 5.92 Å². The number of hydrogen-bond acceptors (Lipinski definition) is 2. The van der Waals surface area contributed by atoms with E-state index in [4.69, 9.17) is 4.11 Å². The average Bonchev–Trinajstić information content (AvgIpc) is 2.01. The van der Waals surface area contributed by atoms with Gasteiger partial charge in [0, 0.05) is 16.6 Å². The molecule has 0 aromatic rings. The molecule has 0 N–H and O–H groups in total. The molecule has 2 heteroatoms. The largest absolute Gasteiger partial charge is 0.306 e. The van der Waals surface area contributed by atoms with Gasteiger partial charge >= 0.3 is 0 Å². The molecule has 0 aliphatic rings. The third kappa shape index (κ3) is 5.80. The first-order valence-corrected chi connectivity index (χ1v) is 3.66. The van der Waals surface area contributed by atoms with Gasteiger partial charge in [0.05, 0.1) is 0 Å². The summed E-state index contributed by atoms with van der Waals surface area (Å²) in [7, 11) is 1.50. The lowest BCUT2D eigenvalue weighted by atomic mass is 10.1. The van der Waals surface area contributed by atoms with Crippen LogP contribution in [0.25, 0.3) is 0 Å². The number of allylic oxidation sites excluding steroid dienone is 1. The normalized spacial score (nSPS) is 17.0. The van der Waals surface area contributed by atoms with Gasteiger partial charge in [0.25, 0.3) is 0 Å². The Morgan fingerprint density at radius 2 is 2.36 bits per heavy atom. The Morgan fingerprint density at radius 1 is 1.73 bits per heavy atom. The van der Waals surface area contributed by atoms with Crippen LogP contribution in [0.15, 0.2) is 12.2 Å². The van der Waals surface area contributed by atoms with E-state index in [2.05, 4.69) is 0 Å². The Balaban J connectivity index is 4.01. The molecular formula is C9H17NO. The second kappa shape index (κ2) is 5.08. The zero-order chi connectivity index (χ0) is 11.4. The van der Waals surface area contributed by atoms with Crippen LogP contribution in [0.1, 0.15) is 18.0 Å². The number of ketones is 1. The van der Waals surface area contributed by atoms with Crippen LogP contribution in [0.2, 0.25) is 0 Å². The number of likely N-dealkylation sites (N-methyl/N-ethyl adjacent to an activating group) is 1. The first kappa shape index (κ1) is 5.95. The van der Waals surface area contributed by atoms with E-state index >= 15 is 0 Å². The molecular weight excluding hydrogens is 138 g/mol. The van der Waals surface area contributed by atoms with Crippen LogP contribution in [-0.4, -0.2) is 31.3 Å². The number of nitrogens with zero attached hydrogens (tertiary/aromatic N) is 1. The van der Waals surface area contributed by atoms with Crippen molar-refractivity contribution in [2.45, 2.75) is 13.8 Å². The van der Waals surface area contributed by atoms with Crippen LogP contribution < -0.4 is 0 Å². The number of hydrogen-bond donors (Lipinski definition) is 0. The second-order valence-electron chi connectivity index (χ2n) is 2.84. The van der Waals surface area contributed by atoms with Crippen molar-refractivity contribution in [3.8, 4) is 0 Å². The minimum Gasteiger partial charge on any atom is -0.306 e. The van der Waals surface area contributed by atoms with Crippen molar-refractivity contribution < 1.29 is 8.91 Å². The lowest BCUT2D eigenvalue weighted by molar-refractivity contribution is -0.117. The van der Waals surface area contributed by atoms with E-state index in [1.54, 1.807) is 19.9 Å². The number of rotatable bonds is 4. The Bertz CT molecular complexity index is 221. The smallest absolute Gasteiger partial charge is 0.157 e. The highest BCUT2D eigenvalue weighted by molar-refractivity contribution is 5.91. The predicted octanol–water partition coefficient (Wildman–Crippen LogP) is 1.33. The molecule has 0 aromatic carbocycles. The Kier molecular flexibility index (Phi) is 2.75. The fourth-order valence-corrected chi connectivity index (χ4v) is 0.519. The van der Waals surface area contributed by atoms with Gasteiger partial charge in [-0.2, -0.15) is 0 Å². The fourth-order valence-electron chi connectivity index (χ4n) is 0.519. The van der Waals surface area contributed by atoms with Gasteiger partial charge in [0.2, 0.25) is 0 Å². The van der Waals surface area contributed by atoms with Gasteiger partial charge in [-0.05, 0) is 20.1 Å². The summed E-state index contributed by atoms with van der Waals surface area (Å²) in [6.45, 7) is 1.78. The molecule has 64 valence electrons. The van der Waals surface area contributed by atoms with E-state index < -0.39 is 6.98 Å². The van der Waals surface area contributed by atoms with Crippen LogP contribution in [0, 0.1) is 5.92 Å². The highest BCUT2D eigenvalue weighted by atomic mass is 16.1. The summed E-state index contributed by atoms with van der Waals surface area (Å²) in [4.78, 5) is 12.3. The minimum absolute atomic E-state index is 0.0175. The molecule has 0 saturated heterocycles. The van der Waals surface area contributed by atoms with Gasteiger partial charge in [-0.25, -0.2) is 0 Å². The van der Waals surface area contributed by atoms with Crippen molar-refractivity contribution in [1.82, 2.24) is 4.90 Å². The van der Waals surface area contributed by atoms with Crippen LogP contribution in [-0.2, 0) is 4.79 Å².